The Bertz CT molecular complexity index is 956. The fourth-order valence-electron chi connectivity index (χ4n) is 2.43. The molecule has 0 aliphatic heterocycles. The highest BCUT2D eigenvalue weighted by atomic mass is 19.1. The normalized spacial score (nSPS) is 11.1. The molecule has 0 radical (unpaired) electrons. The highest BCUT2D eigenvalue weighted by molar-refractivity contribution is 5.94. The number of aromatic nitrogens is 1. The van der Waals surface area contributed by atoms with E-state index in [4.69, 9.17) is 4.42 Å². The summed E-state index contributed by atoms with van der Waals surface area (Å²) in [5, 5.41) is 8.55. The topological polar surface area (TPSA) is 91.5 Å². The summed E-state index contributed by atoms with van der Waals surface area (Å²) < 4.78 is 18.6. The predicted molar refractivity (Wildman–Crippen MR) is 105 cm³/mol. The van der Waals surface area contributed by atoms with Crippen LogP contribution in [0.1, 0.15) is 5.69 Å². The molecular formula is C20H20FN5O2. The van der Waals surface area contributed by atoms with Gasteiger partial charge in [0.15, 0.2) is 5.96 Å². The Hall–Kier alpha value is -3.68. The van der Waals surface area contributed by atoms with E-state index in [1.165, 1.54) is 18.2 Å². The molecule has 0 spiro atoms. The van der Waals surface area contributed by atoms with Crippen LogP contribution in [-0.2, 0) is 11.3 Å². The molecule has 0 saturated carbocycles. The molecule has 8 heteroatoms. The number of oxazole rings is 1. The van der Waals surface area contributed by atoms with Crippen LogP contribution in [0.3, 0.4) is 0 Å². The molecule has 0 aliphatic carbocycles. The second-order valence-electron chi connectivity index (χ2n) is 5.85. The van der Waals surface area contributed by atoms with Crippen LogP contribution in [0, 0.1) is 5.82 Å². The Kier molecular flexibility index (Phi) is 6.35. The van der Waals surface area contributed by atoms with Gasteiger partial charge in [-0.05, 0) is 30.3 Å². The van der Waals surface area contributed by atoms with Gasteiger partial charge in [-0.2, -0.15) is 0 Å². The zero-order chi connectivity index (χ0) is 19.8. The smallest absolute Gasteiger partial charge is 0.243 e. The first-order valence-corrected chi connectivity index (χ1v) is 8.64. The van der Waals surface area contributed by atoms with Crippen LogP contribution in [-0.4, -0.2) is 30.4 Å². The summed E-state index contributed by atoms with van der Waals surface area (Å²) in [5.74, 6) is 0.237. The van der Waals surface area contributed by atoms with Gasteiger partial charge in [-0.1, -0.05) is 24.3 Å². The van der Waals surface area contributed by atoms with Crippen molar-refractivity contribution in [3.8, 4) is 11.5 Å². The Morgan fingerprint density at radius 3 is 2.71 bits per heavy atom. The van der Waals surface area contributed by atoms with Crippen LogP contribution in [0.15, 0.2) is 70.3 Å². The third kappa shape index (κ3) is 5.41. The molecule has 0 unspecified atom stereocenters. The maximum absolute atomic E-state index is 13.1. The summed E-state index contributed by atoms with van der Waals surface area (Å²) in [5.41, 5.74) is 1.99. The van der Waals surface area contributed by atoms with Crippen molar-refractivity contribution < 1.29 is 13.6 Å². The quantitative estimate of drug-likeness (QED) is 0.451. The predicted octanol–water partition coefficient (Wildman–Crippen LogP) is 2.78. The number of halogens is 1. The van der Waals surface area contributed by atoms with E-state index < -0.39 is 5.82 Å². The van der Waals surface area contributed by atoms with Crippen LogP contribution < -0.4 is 16.0 Å². The van der Waals surface area contributed by atoms with Crippen LogP contribution >= 0.6 is 0 Å². The second kappa shape index (κ2) is 9.31. The minimum atomic E-state index is -0.411. The number of carbonyl (C=O) groups is 1. The van der Waals surface area contributed by atoms with E-state index in [-0.39, 0.29) is 12.5 Å². The molecule has 28 heavy (non-hydrogen) atoms. The fraction of sp³-hybridized carbons (Fsp3) is 0.150. The van der Waals surface area contributed by atoms with Gasteiger partial charge < -0.3 is 20.4 Å². The largest absolute Gasteiger partial charge is 0.444 e. The maximum Gasteiger partial charge on any atom is 0.243 e. The van der Waals surface area contributed by atoms with E-state index in [0.717, 1.165) is 5.56 Å². The van der Waals surface area contributed by atoms with Gasteiger partial charge in [0.2, 0.25) is 11.8 Å². The van der Waals surface area contributed by atoms with Crippen LogP contribution in [0.2, 0.25) is 0 Å². The molecule has 3 rings (SSSR count). The SMILES string of the molecule is CN=C(NCC(=O)Nc1cccc(F)c1)NCc1coc(-c2ccccc2)n1. The lowest BCUT2D eigenvalue weighted by Crippen LogP contribution is -2.41. The zero-order valence-corrected chi connectivity index (χ0v) is 15.3. The van der Waals surface area contributed by atoms with E-state index in [2.05, 4.69) is 25.9 Å². The summed E-state index contributed by atoms with van der Waals surface area (Å²) in [6.45, 7) is 0.353. The second-order valence-corrected chi connectivity index (χ2v) is 5.85. The monoisotopic (exact) mass is 381 g/mol. The van der Waals surface area contributed by atoms with Crippen LogP contribution in [0.25, 0.3) is 11.5 Å². The lowest BCUT2D eigenvalue weighted by atomic mass is 10.2. The van der Waals surface area contributed by atoms with Gasteiger partial charge >= 0.3 is 0 Å². The van der Waals surface area contributed by atoms with E-state index in [9.17, 15) is 9.18 Å². The van der Waals surface area contributed by atoms with Gasteiger partial charge in [-0.25, -0.2) is 9.37 Å². The van der Waals surface area contributed by atoms with Crippen molar-refractivity contribution >= 4 is 17.6 Å². The highest BCUT2D eigenvalue weighted by Crippen LogP contribution is 2.17. The Labute approximate surface area is 161 Å². The molecule has 2 aromatic carbocycles. The number of amides is 1. The van der Waals surface area contributed by atoms with E-state index in [0.29, 0.717) is 29.8 Å². The molecule has 7 nitrogen and oxygen atoms in total. The van der Waals surface area contributed by atoms with E-state index in [1.54, 1.807) is 19.4 Å². The first-order chi connectivity index (χ1) is 13.6. The van der Waals surface area contributed by atoms with Crippen molar-refractivity contribution in [3.63, 3.8) is 0 Å². The number of nitrogens with zero attached hydrogens (tertiary/aromatic N) is 2. The van der Waals surface area contributed by atoms with Crippen molar-refractivity contribution in [2.75, 3.05) is 18.9 Å². The number of hydrogen-bond donors (Lipinski definition) is 3. The third-order valence-corrected chi connectivity index (χ3v) is 3.76. The fourth-order valence-corrected chi connectivity index (χ4v) is 2.43. The molecule has 1 aromatic heterocycles. The van der Waals surface area contributed by atoms with Crippen molar-refractivity contribution in [3.05, 3.63) is 72.4 Å². The van der Waals surface area contributed by atoms with Crippen molar-refractivity contribution in [2.24, 2.45) is 4.99 Å². The number of hydrogen-bond acceptors (Lipinski definition) is 4. The molecule has 0 fully saturated rings. The minimum absolute atomic E-state index is 0.0235. The van der Waals surface area contributed by atoms with Gasteiger partial charge in [-0.15, -0.1) is 0 Å². The Balaban J connectivity index is 1.47. The standard InChI is InChI=1S/C20H20FN5O2/c1-22-20(24-12-18(27)25-16-9-5-8-15(21)10-16)23-11-17-13-28-19(26-17)14-6-3-2-4-7-14/h2-10,13H,11-12H2,1H3,(H,25,27)(H2,22,23,24). The van der Waals surface area contributed by atoms with Gasteiger partial charge in [0, 0.05) is 18.3 Å². The van der Waals surface area contributed by atoms with Crippen molar-refractivity contribution in [1.82, 2.24) is 15.6 Å². The van der Waals surface area contributed by atoms with E-state index >= 15 is 0 Å². The molecule has 3 aromatic rings. The molecule has 0 bridgehead atoms. The van der Waals surface area contributed by atoms with Crippen molar-refractivity contribution in [1.29, 1.82) is 0 Å². The van der Waals surface area contributed by atoms with Crippen LogP contribution in [0.5, 0.6) is 0 Å². The average Bonchev–Trinajstić information content (AvgIpc) is 3.18. The summed E-state index contributed by atoms with van der Waals surface area (Å²) in [7, 11) is 1.60. The molecule has 144 valence electrons. The molecule has 0 saturated heterocycles. The van der Waals surface area contributed by atoms with Gasteiger partial charge in [0.25, 0.3) is 0 Å². The number of carbonyl (C=O) groups excluding carboxylic acids is 1. The van der Waals surface area contributed by atoms with Gasteiger partial charge in [0.05, 0.1) is 18.8 Å². The Morgan fingerprint density at radius 2 is 1.96 bits per heavy atom. The van der Waals surface area contributed by atoms with E-state index in [1.807, 2.05) is 30.3 Å². The molecular weight excluding hydrogens is 361 g/mol. The molecule has 3 N–H and O–H groups in total. The summed E-state index contributed by atoms with van der Waals surface area (Å²) in [4.78, 5) is 20.4. The number of benzene rings is 2. The number of aliphatic imine (C=N–C) groups is 1. The van der Waals surface area contributed by atoms with Gasteiger partial charge in [0.1, 0.15) is 12.1 Å². The first-order valence-electron chi connectivity index (χ1n) is 8.64. The summed E-state index contributed by atoms with van der Waals surface area (Å²) in [6.07, 6.45) is 1.57. The lowest BCUT2D eigenvalue weighted by Gasteiger charge is -2.11. The molecule has 1 heterocycles. The Morgan fingerprint density at radius 1 is 1.14 bits per heavy atom. The maximum atomic E-state index is 13.1. The minimum Gasteiger partial charge on any atom is -0.444 e. The first kappa shape index (κ1) is 19.1. The van der Waals surface area contributed by atoms with Gasteiger partial charge in [-0.3, -0.25) is 9.79 Å². The zero-order valence-electron chi connectivity index (χ0n) is 15.3. The number of nitrogens with one attached hydrogen (secondary N) is 3. The number of rotatable bonds is 6. The number of guanidine groups is 1. The summed E-state index contributed by atoms with van der Waals surface area (Å²) >= 11 is 0. The van der Waals surface area contributed by atoms with Crippen LogP contribution in [0.4, 0.5) is 10.1 Å². The summed E-state index contributed by atoms with van der Waals surface area (Å²) in [6, 6.07) is 15.3. The lowest BCUT2D eigenvalue weighted by molar-refractivity contribution is -0.115. The average molecular weight is 381 g/mol. The molecule has 0 atom stereocenters. The third-order valence-electron chi connectivity index (χ3n) is 3.76. The van der Waals surface area contributed by atoms with Crippen molar-refractivity contribution in [2.45, 2.75) is 6.54 Å². The number of anilines is 1. The molecule has 0 aliphatic rings. The highest BCUT2D eigenvalue weighted by Gasteiger charge is 2.08. The molecule has 1 amide bonds.